The predicted molar refractivity (Wildman–Crippen MR) is 153 cm³/mol. The van der Waals surface area contributed by atoms with Gasteiger partial charge in [0.25, 0.3) is 11.7 Å². The Morgan fingerprint density at radius 1 is 1.05 bits per heavy atom. The molecule has 2 aromatic rings. The predicted octanol–water partition coefficient (Wildman–Crippen LogP) is 4.72. The summed E-state index contributed by atoms with van der Waals surface area (Å²) in [6.45, 7) is 9.10. The van der Waals surface area contributed by atoms with Gasteiger partial charge in [-0.1, -0.05) is 31.9 Å². The van der Waals surface area contributed by atoms with Gasteiger partial charge in [0.15, 0.2) is 0 Å². The normalized spacial score (nSPS) is 22.4. The molecule has 8 nitrogen and oxygen atoms in total. The lowest BCUT2D eigenvalue weighted by Crippen LogP contribution is -2.38. The molecule has 0 bridgehead atoms. The van der Waals surface area contributed by atoms with Gasteiger partial charge in [-0.2, -0.15) is 0 Å². The molecule has 2 atom stereocenters. The number of amides is 1. The van der Waals surface area contributed by atoms with Gasteiger partial charge in [-0.05, 0) is 61.2 Å². The average molecular weight is 549 g/mol. The molecule has 2 fully saturated rings. The summed E-state index contributed by atoms with van der Waals surface area (Å²) < 4.78 is 17.3. The number of aliphatic hydroxyl groups excluding tert-OH is 1. The lowest BCUT2D eigenvalue weighted by molar-refractivity contribution is -0.140. The number of nitrogens with zero attached hydrogens (tertiary/aromatic N) is 2. The molecule has 0 unspecified atom stereocenters. The minimum absolute atomic E-state index is 0.0597. The Kier molecular flexibility index (Phi) is 9.07. The number of carbonyl (C=O) groups is 2. The van der Waals surface area contributed by atoms with E-state index in [9.17, 15) is 14.7 Å². The number of rotatable bonds is 11. The number of morpholine rings is 1. The number of fused-ring (bicyclic) bond motifs is 1. The molecule has 3 aliphatic rings. The summed E-state index contributed by atoms with van der Waals surface area (Å²) in [7, 11) is 0. The van der Waals surface area contributed by atoms with Crippen LogP contribution in [0.15, 0.2) is 48.0 Å². The molecule has 0 radical (unpaired) electrons. The highest BCUT2D eigenvalue weighted by molar-refractivity contribution is 6.46. The highest BCUT2D eigenvalue weighted by Crippen LogP contribution is 2.41. The monoisotopic (exact) mass is 548 g/mol. The number of likely N-dealkylation sites (tertiary alicyclic amines) is 1. The van der Waals surface area contributed by atoms with Crippen molar-refractivity contribution in [3.05, 3.63) is 64.7 Å². The summed E-state index contributed by atoms with van der Waals surface area (Å²) in [5.41, 5.74) is 2.36. The Hall–Kier alpha value is -3.36. The van der Waals surface area contributed by atoms with Crippen molar-refractivity contribution in [2.24, 2.45) is 0 Å². The van der Waals surface area contributed by atoms with Gasteiger partial charge in [0.2, 0.25) is 0 Å². The van der Waals surface area contributed by atoms with E-state index in [1.165, 1.54) is 0 Å². The van der Waals surface area contributed by atoms with Crippen LogP contribution in [0, 0.1) is 0 Å². The van der Waals surface area contributed by atoms with Gasteiger partial charge in [-0.15, -0.1) is 0 Å². The van der Waals surface area contributed by atoms with Crippen molar-refractivity contribution in [3.8, 4) is 11.5 Å². The molecule has 214 valence electrons. The molecule has 40 heavy (non-hydrogen) atoms. The maximum atomic E-state index is 13.5. The summed E-state index contributed by atoms with van der Waals surface area (Å²) in [4.78, 5) is 30.9. The Labute approximate surface area is 236 Å². The number of hydrogen-bond donors (Lipinski definition) is 1. The summed E-state index contributed by atoms with van der Waals surface area (Å²) >= 11 is 0. The SMILES string of the molecule is CCCCCOc1cccc([C@@H]2C(=C(O)c3ccc4c(c3)C[C@H](C)O4)C(=O)C(=O)N2CCCN2CCOCC2)c1. The van der Waals surface area contributed by atoms with E-state index >= 15 is 0 Å². The number of aliphatic hydroxyl groups is 1. The highest BCUT2D eigenvalue weighted by Gasteiger charge is 2.46. The van der Waals surface area contributed by atoms with Crippen LogP contribution < -0.4 is 9.47 Å². The van der Waals surface area contributed by atoms with E-state index in [1.807, 2.05) is 43.3 Å². The van der Waals surface area contributed by atoms with Gasteiger partial charge in [-0.3, -0.25) is 14.5 Å². The zero-order valence-electron chi connectivity index (χ0n) is 23.6. The summed E-state index contributed by atoms with van der Waals surface area (Å²) in [5.74, 6) is 0.0816. The zero-order valence-corrected chi connectivity index (χ0v) is 23.6. The van der Waals surface area contributed by atoms with Crippen molar-refractivity contribution < 1.29 is 28.9 Å². The number of carbonyl (C=O) groups excluding carboxylic acids is 2. The van der Waals surface area contributed by atoms with Crippen LogP contribution >= 0.6 is 0 Å². The van der Waals surface area contributed by atoms with E-state index in [1.54, 1.807) is 11.0 Å². The Morgan fingerprint density at radius 2 is 1.88 bits per heavy atom. The van der Waals surface area contributed by atoms with E-state index < -0.39 is 17.7 Å². The maximum absolute atomic E-state index is 13.5. The highest BCUT2D eigenvalue weighted by atomic mass is 16.5. The van der Waals surface area contributed by atoms with Gasteiger partial charge in [-0.25, -0.2) is 0 Å². The topological polar surface area (TPSA) is 88.5 Å². The van der Waals surface area contributed by atoms with Crippen molar-refractivity contribution in [1.29, 1.82) is 0 Å². The number of ketones is 1. The van der Waals surface area contributed by atoms with Crippen LogP contribution in [0.25, 0.3) is 5.76 Å². The fourth-order valence-corrected chi connectivity index (χ4v) is 5.79. The molecule has 0 spiro atoms. The van der Waals surface area contributed by atoms with E-state index in [2.05, 4.69) is 11.8 Å². The minimum Gasteiger partial charge on any atom is -0.507 e. The minimum atomic E-state index is -0.702. The van der Waals surface area contributed by atoms with Gasteiger partial charge >= 0.3 is 0 Å². The molecule has 0 aliphatic carbocycles. The molecular formula is C32H40N2O6. The standard InChI is InChI=1S/C32H40N2O6/c1-3-4-5-16-39-26-9-6-8-23(21-26)29-28(30(35)24-10-11-27-25(20-24)19-22(2)40-27)31(36)32(37)34(29)13-7-12-33-14-17-38-18-15-33/h6,8-11,20-22,29,35H,3-5,7,12-19H2,1-2H3/t22-,29+/m0/s1. The summed E-state index contributed by atoms with van der Waals surface area (Å²) in [6, 6.07) is 12.3. The van der Waals surface area contributed by atoms with Crippen LogP contribution in [0.2, 0.25) is 0 Å². The van der Waals surface area contributed by atoms with Crippen molar-refractivity contribution in [3.63, 3.8) is 0 Å². The fourth-order valence-electron chi connectivity index (χ4n) is 5.79. The van der Waals surface area contributed by atoms with E-state index in [-0.39, 0.29) is 17.4 Å². The number of hydrogen-bond acceptors (Lipinski definition) is 7. The Bertz CT molecular complexity index is 1250. The van der Waals surface area contributed by atoms with Crippen LogP contribution in [0.1, 0.15) is 62.3 Å². The quantitative estimate of drug-likeness (QED) is 0.188. The maximum Gasteiger partial charge on any atom is 0.295 e. The van der Waals surface area contributed by atoms with Gasteiger partial charge in [0, 0.05) is 38.2 Å². The lowest BCUT2D eigenvalue weighted by atomic mass is 9.94. The molecule has 0 saturated carbocycles. The molecule has 8 heteroatoms. The Morgan fingerprint density at radius 3 is 2.67 bits per heavy atom. The van der Waals surface area contributed by atoms with Crippen molar-refractivity contribution in [1.82, 2.24) is 9.80 Å². The van der Waals surface area contributed by atoms with Crippen LogP contribution in [0.3, 0.4) is 0 Å². The molecular weight excluding hydrogens is 508 g/mol. The summed E-state index contributed by atoms with van der Waals surface area (Å²) in [6.07, 6.45) is 4.66. The van der Waals surface area contributed by atoms with Crippen molar-refractivity contribution in [2.45, 2.75) is 58.1 Å². The third kappa shape index (κ3) is 6.18. The first-order chi connectivity index (χ1) is 19.5. The van der Waals surface area contributed by atoms with Crippen LogP contribution in [-0.2, 0) is 20.7 Å². The smallest absolute Gasteiger partial charge is 0.295 e. The van der Waals surface area contributed by atoms with Crippen LogP contribution in [0.5, 0.6) is 11.5 Å². The number of ether oxygens (including phenoxy) is 3. The largest absolute Gasteiger partial charge is 0.507 e. The van der Waals surface area contributed by atoms with E-state index in [0.29, 0.717) is 44.1 Å². The zero-order chi connectivity index (χ0) is 28.1. The van der Waals surface area contributed by atoms with Crippen molar-refractivity contribution >= 4 is 17.4 Å². The second-order valence-electron chi connectivity index (χ2n) is 10.9. The summed E-state index contributed by atoms with van der Waals surface area (Å²) in [5, 5.41) is 11.5. The number of unbranched alkanes of at least 4 members (excludes halogenated alkanes) is 2. The van der Waals surface area contributed by atoms with Gasteiger partial charge < -0.3 is 24.2 Å². The van der Waals surface area contributed by atoms with E-state index in [0.717, 1.165) is 62.2 Å². The molecule has 0 aromatic heterocycles. The molecule has 3 heterocycles. The average Bonchev–Trinajstić information content (AvgIpc) is 3.46. The second kappa shape index (κ2) is 12.9. The molecule has 1 N–H and O–H groups in total. The fraction of sp³-hybridized carbons (Fsp3) is 0.500. The third-order valence-corrected chi connectivity index (χ3v) is 7.88. The van der Waals surface area contributed by atoms with Crippen LogP contribution in [0.4, 0.5) is 0 Å². The second-order valence-corrected chi connectivity index (χ2v) is 10.9. The van der Waals surface area contributed by atoms with E-state index in [4.69, 9.17) is 14.2 Å². The first kappa shape index (κ1) is 28.2. The Balaban J connectivity index is 1.46. The molecule has 2 saturated heterocycles. The van der Waals surface area contributed by atoms with Gasteiger partial charge in [0.05, 0.1) is 31.4 Å². The molecule has 1 amide bonds. The van der Waals surface area contributed by atoms with Crippen molar-refractivity contribution in [2.75, 3.05) is 46.0 Å². The number of benzene rings is 2. The molecule has 3 aliphatic heterocycles. The molecule has 2 aromatic carbocycles. The first-order valence-electron chi connectivity index (χ1n) is 14.6. The lowest BCUT2D eigenvalue weighted by Gasteiger charge is -2.29. The molecule has 5 rings (SSSR count). The van der Waals surface area contributed by atoms with Gasteiger partial charge in [0.1, 0.15) is 23.4 Å². The third-order valence-electron chi connectivity index (χ3n) is 7.88. The number of Topliss-reactive ketones (excluding diaryl/α,β-unsaturated/α-hetero) is 1. The first-order valence-corrected chi connectivity index (χ1v) is 14.6. The van der Waals surface area contributed by atoms with Crippen LogP contribution in [-0.4, -0.2) is 78.7 Å².